The van der Waals surface area contributed by atoms with Gasteiger partial charge in [-0.1, -0.05) is 68.3 Å². The Kier molecular flexibility index (Phi) is 5.84. The van der Waals surface area contributed by atoms with E-state index in [1.165, 1.54) is 12.1 Å². The van der Waals surface area contributed by atoms with Crippen LogP contribution in [0, 0.1) is 0 Å². The van der Waals surface area contributed by atoms with Gasteiger partial charge in [-0.3, -0.25) is 9.69 Å². The summed E-state index contributed by atoms with van der Waals surface area (Å²) >= 11 is 0. The molecule has 28 heavy (non-hydrogen) atoms. The number of urea groups is 1. The third-order valence-electron chi connectivity index (χ3n) is 5.03. The van der Waals surface area contributed by atoms with Crippen molar-refractivity contribution >= 4 is 21.8 Å². The minimum Gasteiger partial charge on any atom is -0.319 e. The molecule has 148 valence electrons. The average Bonchev–Trinajstić information content (AvgIpc) is 2.96. The van der Waals surface area contributed by atoms with Gasteiger partial charge in [0.15, 0.2) is 9.84 Å². The predicted octanol–water partition coefficient (Wildman–Crippen LogP) is 3.10. The van der Waals surface area contributed by atoms with Gasteiger partial charge in [0, 0.05) is 6.54 Å². The molecule has 1 unspecified atom stereocenters. The van der Waals surface area contributed by atoms with Gasteiger partial charge in [0.25, 0.3) is 5.91 Å². The number of sulfone groups is 1. The number of benzene rings is 2. The molecule has 1 aliphatic heterocycles. The van der Waals surface area contributed by atoms with E-state index in [4.69, 9.17) is 0 Å². The first-order valence-electron chi connectivity index (χ1n) is 9.38. The molecule has 1 aliphatic rings. The lowest BCUT2D eigenvalue weighted by Crippen LogP contribution is -2.44. The molecule has 0 aliphatic carbocycles. The summed E-state index contributed by atoms with van der Waals surface area (Å²) in [5.74, 6) is -0.699. The number of nitrogens with one attached hydrogen (secondary N) is 1. The van der Waals surface area contributed by atoms with Gasteiger partial charge in [-0.15, -0.1) is 0 Å². The van der Waals surface area contributed by atoms with Crippen LogP contribution in [0.25, 0.3) is 0 Å². The quantitative estimate of drug-likeness (QED) is 0.690. The molecular weight excluding hydrogens is 376 g/mol. The summed E-state index contributed by atoms with van der Waals surface area (Å²) in [4.78, 5) is 27.0. The van der Waals surface area contributed by atoms with Gasteiger partial charge in [-0.05, 0) is 24.1 Å². The van der Waals surface area contributed by atoms with Crippen molar-refractivity contribution < 1.29 is 18.0 Å². The maximum Gasteiger partial charge on any atom is 0.325 e. The van der Waals surface area contributed by atoms with E-state index in [1.807, 2.05) is 37.3 Å². The number of hydrogen-bond acceptors (Lipinski definition) is 4. The van der Waals surface area contributed by atoms with Crippen molar-refractivity contribution in [2.24, 2.45) is 0 Å². The number of hydrogen-bond donors (Lipinski definition) is 1. The van der Waals surface area contributed by atoms with E-state index in [2.05, 4.69) is 5.32 Å². The third-order valence-corrected chi connectivity index (χ3v) is 6.74. The molecule has 1 atom stereocenters. The Morgan fingerprint density at radius 1 is 0.964 bits per heavy atom. The fourth-order valence-electron chi connectivity index (χ4n) is 3.46. The highest BCUT2D eigenvalue weighted by Crippen LogP contribution is 2.34. The van der Waals surface area contributed by atoms with Crippen LogP contribution in [0.3, 0.4) is 0 Å². The molecule has 1 fully saturated rings. The predicted molar refractivity (Wildman–Crippen MR) is 106 cm³/mol. The number of amides is 3. The SMILES string of the molecule is CCCCC1(c2ccccc2)NC(=O)N(CCS(=O)(=O)c2ccccc2)C1=O. The monoisotopic (exact) mass is 400 g/mol. The van der Waals surface area contributed by atoms with Crippen LogP contribution in [-0.2, 0) is 20.2 Å². The van der Waals surface area contributed by atoms with Crippen LogP contribution < -0.4 is 5.32 Å². The lowest BCUT2D eigenvalue weighted by molar-refractivity contribution is -0.131. The van der Waals surface area contributed by atoms with Gasteiger partial charge in [0.2, 0.25) is 0 Å². The van der Waals surface area contributed by atoms with Crippen LogP contribution in [-0.4, -0.2) is 37.6 Å². The maximum atomic E-state index is 13.2. The molecule has 1 saturated heterocycles. The number of carbonyl (C=O) groups excluding carboxylic acids is 2. The zero-order chi connectivity index (χ0) is 20.2. The number of carbonyl (C=O) groups is 2. The van der Waals surface area contributed by atoms with E-state index in [-0.39, 0.29) is 23.1 Å². The molecule has 0 radical (unpaired) electrons. The topological polar surface area (TPSA) is 83.6 Å². The number of nitrogens with zero attached hydrogens (tertiary/aromatic N) is 1. The molecule has 6 nitrogen and oxygen atoms in total. The second kappa shape index (κ2) is 8.14. The highest BCUT2D eigenvalue weighted by molar-refractivity contribution is 7.91. The molecule has 3 amide bonds. The molecule has 2 aromatic rings. The molecule has 1 heterocycles. The van der Waals surface area contributed by atoms with Crippen molar-refractivity contribution in [3.05, 3.63) is 66.2 Å². The molecule has 7 heteroatoms. The van der Waals surface area contributed by atoms with Crippen molar-refractivity contribution in [1.82, 2.24) is 10.2 Å². The second-order valence-corrected chi connectivity index (χ2v) is 9.00. The molecule has 2 aromatic carbocycles. The van der Waals surface area contributed by atoms with Crippen LogP contribution in [0.15, 0.2) is 65.6 Å². The summed E-state index contributed by atoms with van der Waals surface area (Å²) in [6, 6.07) is 16.6. The molecular formula is C21H24N2O4S. The Balaban J connectivity index is 1.84. The van der Waals surface area contributed by atoms with Crippen LogP contribution in [0.2, 0.25) is 0 Å². The first-order valence-corrected chi connectivity index (χ1v) is 11.0. The summed E-state index contributed by atoms with van der Waals surface area (Å²) < 4.78 is 25.1. The highest BCUT2D eigenvalue weighted by atomic mass is 32.2. The molecule has 0 spiro atoms. The lowest BCUT2D eigenvalue weighted by atomic mass is 9.85. The lowest BCUT2D eigenvalue weighted by Gasteiger charge is -2.27. The van der Waals surface area contributed by atoms with E-state index in [0.717, 1.165) is 23.3 Å². The largest absolute Gasteiger partial charge is 0.325 e. The minimum atomic E-state index is -3.59. The Morgan fingerprint density at radius 3 is 2.18 bits per heavy atom. The maximum absolute atomic E-state index is 13.2. The molecule has 0 saturated carbocycles. The van der Waals surface area contributed by atoms with Crippen molar-refractivity contribution in [1.29, 1.82) is 0 Å². The Hall–Kier alpha value is -2.67. The van der Waals surface area contributed by atoms with Crippen LogP contribution in [0.1, 0.15) is 31.7 Å². The van der Waals surface area contributed by atoms with Gasteiger partial charge in [0.1, 0.15) is 5.54 Å². The van der Waals surface area contributed by atoms with Gasteiger partial charge in [-0.25, -0.2) is 13.2 Å². The number of imide groups is 1. The van der Waals surface area contributed by atoms with E-state index >= 15 is 0 Å². The van der Waals surface area contributed by atoms with E-state index in [0.29, 0.717) is 6.42 Å². The molecule has 0 bridgehead atoms. The first kappa shape index (κ1) is 20.1. The van der Waals surface area contributed by atoms with E-state index < -0.39 is 21.4 Å². The van der Waals surface area contributed by atoms with Gasteiger partial charge >= 0.3 is 6.03 Å². The number of unbranched alkanes of at least 4 members (excludes halogenated alkanes) is 1. The fourth-order valence-corrected chi connectivity index (χ4v) is 4.69. The summed E-state index contributed by atoms with van der Waals surface area (Å²) in [5, 5.41) is 2.84. The van der Waals surface area contributed by atoms with E-state index in [1.54, 1.807) is 18.2 Å². The smallest absolute Gasteiger partial charge is 0.319 e. The molecule has 0 aromatic heterocycles. The summed E-state index contributed by atoms with van der Waals surface area (Å²) in [6.07, 6.45) is 2.11. The Bertz CT molecular complexity index is 945. The number of rotatable bonds is 8. The van der Waals surface area contributed by atoms with Crippen molar-refractivity contribution in [3.8, 4) is 0 Å². The van der Waals surface area contributed by atoms with Crippen LogP contribution in [0.4, 0.5) is 4.79 Å². The zero-order valence-electron chi connectivity index (χ0n) is 15.8. The van der Waals surface area contributed by atoms with Gasteiger partial charge < -0.3 is 5.32 Å². The highest BCUT2D eigenvalue weighted by Gasteiger charge is 2.51. The van der Waals surface area contributed by atoms with Crippen molar-refractivity contribution in [2.75, 3.05) is 12.3 Å². The van der Waals surface area contributed by atoms with E-state index in [9.17, 15) is 18.0 Å². The summed E-state index contributed by atoms with van der Waals surface area (Å²) in [7, 11) is -3.59. The Labute approximate surface area is 165 Å². The van der Waals surface area contributed by atoms with Crippen LogP contribution >= 0.6 is 0 Å². The van der Waals surface area contributed by atoms with Gasteiger partial charge in [-0.2, -0.15) is 0 Å². The minimum absolute atomic E-state index is 0.178. The first-order chi connectivity index (χ1) is 13.4. The summed E-state index contributed by atoms with van der Waals surface area (Å²) in [5.41, 5.74) is -0.416. The fraction of sp³-hybridized carbons (Fsp3) is 0.333. The molecule has 1 N–H and O–H groups in total. The van der Waals surface area contributed by atoms with Gasteiger partial charge in [0.05, 0.1) is 10.6 Å². The van der Waals surface area contributed by atoms with Crippen LogP contribution in [0.5, 0.6) is 0 Å². The van der Waals surface area contributed by atoms with Crippen molar-refractivity contribution in [2.45, 2.75) is 36.6 Å². The average molecular weight is 401 g/mol. The zero-order valence-corrected chi connectivity index (χ0v) is 16.6. The summed E-state index contributed by atoms with van der Waals surface area (Å²) in [6.45, 7) is 1.84. The Morgan fingerprint density at radius 2 is 1.57 bits per heavy atom. The standard InChI is InChI=1S/C21H24N2O4S/c1-2-3-14-21(17-10-6-4-7-11-17)19(24)23(20(25)22-21)15-16-28(26,27)18-12-8-5-9-13-18/h4-13H,2-3,14-16H2,1H3,(H,22,25). The molecule has 3 rings (SSSR count). The second-order valence-electron chi connectivity index (χ2n) is 6.89. The normalized spacial score (nSPS) is 19.7. The third kappa shape index (κ3) is 3.80. The van der Waals surface area contributed by atoms with Crippen molar-refractivity contribution in [3.63, 3.8) is 0 Å².